The van der Waals surface area contributed by atoms with Crippen molar-refractivity contribution in [1.82, 2.24) is 14.9 Å². The number of nitrogens with one attached hydrogen (secondary N) is 1. The fourth-order valence-electron chi connectivity index (χ4n) is 3.91. The van der Waals surface area contributed by atoms with Crippen LogP contribution in [0.1, 0.15) is 21.5 Å². The molecule has 5 rings (SSSR count). The Morgan fingerprint density at radius 2 is 2.00 bits per heavy atom. The van der Waals surface area contributed by atoms with Crippen LogP contribution in [0.25, 0.3) is 10.9 Å². The third-order valence-electron chi connectivity index (χ3n) is 5.64. The van der Waals surface area contributed by atoms with Crippen LogP contribution in [-0.2, 0) is 11.3 Å². The molecule has 0 saturated carbocycles. The number of morpholine rings is 1. The second kappa shape index (κ2) is 10.1. The van der Waals surface area contributed by atoms with Crippen LogP contribution in [-0.4, -0.2) is 58.7 Å². The van der Waals surface area contributed by atoms with Gasteiger partial charge in [-0.15, -0.1) is 5.10 Å². The first-order chi connectivity index (χ1) is 17.0. The van der Waals surface area contributed by atoms with Gasteiger partial charge in [0.15, 0.2) is 5.17 Å². The zero-order chi connectivity index (χ0) is 24.4. The summed E-state index contributed by atoms with van der Waals surface area (Å²) in [6.45, 7) is 2.56. The Kier molecular flexibility index (Phi) is 6.79. The van der Waals surface area contributed by atoms with Gasteiger partial charge in [0.2, 0.25) is 5.43 Å². The van der Waals surface area contributed by atoms with E-state index in [1.807, 2.05) is 18.2 Å². The summed E-state index contributed by atoms with van der Waals surface area (Å²) in [6.07, 6.45) is 1.49. The Bertz CT molecular complexity index is 1450. The molecule has 178 valence electrons. The molecule has 1 aromatic heterocycles. The van der Waals surface area contributed by atoms with Crippen LogP contribution in [0.5, 0.6) is 0 Å². The fourth-order valence-corrected chi connectivity index (χ4v) is 5.16. The van der Waals surface area contributed by atoms with Gasteiger partial charge < -0.3 is 20.1 Å². The topological polar surface area (TPSA) is 96.2 Å². The quantitative estimate of drug-likeness (QED) is 0.528. The fraction of sp³-hybridized carbons (Fsp3) is 0.240. The van der Waals surface area contributed by atoms with Crippen LogP contribution in [0.4, 0.5) is 0 Å². The van der Waals surface area contributed by atoms with E-state index in [9.17, 15) is 9.59 Å². The van der Waals surface area contributed by atoms with Gasteiger partial charge in [-0.2, -0.15) is 0 Å². The van der Waals surface area contributed by atoms with Crippen molar-refractivity contribution < 1.29 is 14.6 Å². The van der Waals surface area contributed by atoms with Crippen LogP contribution in [0.3, 0.4) is 0 Å². The molecule has 0 aliphatic carbocycles. The van der Waals surface area contributed by atoms with Crippen LogP contribution >= 0.6 is 23.4 Å². The number of thioether (sulfide) groups is 1. The van der Waals surface area contributed by atoms with Crippen LogP contribution in [0.15, 0.2) is 57.4 Å². The van der Waals surface area contributed by atoms with E-state index >= 15 is 0 Å². The molecule has 2 N–H and O–H groups in total. The maximum Gasteiger partial charge on any atom is 0.257 e. The zero-order valence-corrected chi connectivity index (χ0v) is 20.2. The molecule has 2 aliphatic rings. The number of benzene rings is 2. The minimum absolute atomic E-state index is 0.0124. The number of pyridine rings is 1. The van der Waals surface area contributed by atoms with Gasteiger partial charge in [-0.05, 0) is 41.6 Å². The normalized spacial score (nSPS) is 14.8. The molecule has 10 heteroatoms. The van der Waals surface area contributed by atoms with Gasteiger partial charge in [0.25, 0.3) is 5.91 Å². The van der Waals surface area contributed by atoms with Gasteiger partial charge in [-0.1, -0.05) is 35.6 Å². The minimum atomic E-state index is -0.495. The number of aliphatic hydroxyl groups excluding tert-OH is 1. The summed E-state index contributed by atoms with van der Waals surface area (Å²) >= 11 is 7.39. The predicted molar refractivity (Wildman–Crippen MR) is 136 cm³/mol. The Labute approximate surface area is 210 Å². The Morgan fingerprint density at radius 1 is 1.23 bits per heavy atom. The maximum atomic E-state index is 13.4. The summed E-state index contributed by atoms with van der Waals surface area (Å²) in [5.74, 6) is 5.01. The minimum Gasteiger partial charge on any atom is -0.384 e. The van der Waals surface area contributed by atoms with Crippen molar-refractivity contribution in [2.45, 2.75) is 11.4 Å². The number of amidine groups is 1. The summed E-state index contributed by atoms with van der Waals surface area (Å²) in [6, 6.07) is 10.6. The molecule has 35 heavy (non-hydrogen) atoms. The number of hydrogen-bond acceptors (Lipinski definition) is 7. The first-order valence-electron chi connectivity index (χ1n) is 11.0. The van der Waals surface area contributed by atoms with E-state index in [0.717, 1.165) is 15.6 Å². The van der Waals surface area contributed by atoms with Crippen molar-refractivity contribution in [1.29, 1.82) is 0 Å². The van der Waals surface area contributed by atoms with Crippen molar-refractivity contribution in [2.24, 2.45) is 5.10 Å². The average molecular weight is 509 g/mol. The van der Waals surface area contributed by atoms with Crippen LogP contribution in [0.2, 0.25) is 5.02 Å². The van der Waals surface area contributed by atoms with E-state index in [0.29, 0.717) is 47.8 Å². The number of ether oxygens (including phenoxy) is 1. The molecule has 0 bridgehead atoms. The van der Waals surface area contributed by atoms with Gasteiger partial charge in [-0.3, -0.25) is 9.59 Å². The van der Waals surface area contributed by atoms with E-state index in [-0.39, 0.29) is 18.7 Å². The van der Waals surface area contributed by atoms with Crippen molar-refractivity contribution in [3.63, 3.8) is 0 Å². The molecule has 0 radical (unpaired) electrons. The lowest BCUT2D eigenvalue weighted by molar-refractivity contribution is 0.0691. The van der Waals surface area contributed by atoms with Gasteiger partial charge in [0.05, 0.1) is 24.1 Å². The van der Waals surface area contributed by atoms with E-state index < -0.39 is 11.3 Å². The van der Waals surface area contributed by atoms with Crippen molar-refractivity contribution in [3.05, 3.63) is 74.5 Å². The lowest BCUT2D eigenvalue weighted by Crippen LogP contribution is -2.40. The third kappa shape index (κ3) is 4.92. The van der Waals surface area contributed by atoms with Crippen molar-refractivity contribution in [3.8, 4) is 11.8 Å². The number of aromatic nitrogens is 1. The Morgan fingerprint density at radius 3 is 2.74 bits per heavy atom. The van der Waals surface area contributed by atoms with Gasteiger partial charge in [0.1, 0.15) is 12.2 Å². The largest absolute Gasteiger partial charge is 0.384 e. The molecule has 3 aromatic rings. The van der Waals surface area contributed by atoms with Crippen molar-refractivity contribution in [2.75, 3.05) is 32.9 Å². The summed E-state index contributed by atoms with van der Waals surface area (Å²) in [4.78, 5) is 29.4. The first kappa shape index (κ1) is 23.5. The molecule has 2 aromatic carbocycles. The first-order valence-corrected chi connectivity index (χ1v) is 12.2. The summed E-state index contributed by atoms with van der Waals surface area (Å²) in [7, 11) is 0. The smallest absolute Gasteiger partial charge is 0.257 e. The molecule has 0 atom stereocenters. The van der Waals surface area contributed by atoms with Crippen LogP contribution < -0.4 is 10.7 Å². The highest BCUT2D eigenvalue weighted by molar-refractivity contribution is 8.14. The summed E-state index contributed by atoms with van der Waals surface area (Å²) in [5.41, 5.74) is 1.66. The molecule has 8 nitrogen and oxygen atoms in total. The SMILES string of the molecule is O=C(NCc1ccc(Cl)cc1)c1cn2c3c(cc(C#CCO)cc3c1=O)SC(N1CCOCC1)=N2. The number of halogens is 1. The highest BCUT2D eigenvalue weighted by Crippen LogP contribution is 2.34. The Balaban J connectivity index is 1.57. The monoisotopic (exact) mass is 508 g/mol. The standard InChI is InChI=1S/C25H21ClN4O4S/c26-18-5-3-16(4-6-18)14-27-24(33)20-15-30-22-19(23(20)32)12-17(2-1-9-31)13-21(22)35-25(28-30)29-7-10-34-11-8-29/h3-6,12-13,15,31H,7-11,14H2,(H,27,33). The highest BCUT2D eigenvalue weighted by Gasteiger charge is 2.25. The molecule has 1 amide bonds. The maximum absolute atomic E-state index is 13.4. The molecule has 0 spiro atoms. The van der Waals surface area contributed by atoms with E-state index in [1.165, 1.54) is 18.0 Å². The summed E-state index contributed by atoms with van der Waals surface area (Å²) < 4.78 is 7.07. The number of aliphatic hydroxyl groups is 1. The van der Waals surface area contributed by atoms with E-state index in [4.69, 9.17) is 26.5 Å². The third-order valence-corrected chi connectivity index (χ3v) is 6.95. The number of hydrogen-bond donors (Lipinski definition) is 2. The second-order valence-electron chi connectivity index (χ2n) is 7.94. The number of carbonyl (C=O) groups excluding carboxylic acids is 1. The van der Waals surface area contributed by atoms with Gasteiger partial charge >= 0.3 is 0 Å². The van der Waals surface area contributed by atoms with E-state index in [1.54, 1.807) is 22.9 Å². The van der Waals surface area contributed by atoms with Gasteiger partial charge in [0, 0.05) is 41.3 Å². The number of nitrogens with zero attached hydrogens (tertiary/aromatic N) is 3. The average Bonchev–Trinajstić information content (AvgIpc) is 2.89. The van der Waals surface area contributed by atoms with E-state index in [2.05, 4.69) is 22.1 Å². The lowest BCUT2D eigenvalue weighted by atomic mass is 10.1. The van der Waals surface area contributed by atoms with Crippen LogP contribution in [0, 0.1) is 11.8 Å². The van der Waals surface area contributed by atoms with Crippen molar-refractivity contribution >= 4 is 45.3 Å². The Hall–Kier alpha value is -3.29. The molecular formula is C25H21ClN4O4S. The molecular weight excluding hydrogens is 488 g/mol. The molecule has 3 heterocycles. The lowest BCUT2D eigenvalue weighted by Gasteiger charge is -2.31. The molecule has 0 unspecified atom stereocenters. The molecule has 1 fully saturated rings. The molecule has 2 aliphatic heterocycles. The molecule has 1 saturated heterocycles. The number of carbonyl (C=O) groups is 1. The van der Waals surface area contributed by atoms with Gasteiger partial charge in [-0.25, -0.2) is 4.68 Å². The predicted octanol–water partition coefficient (Wildman–Crippen LogP) is 2.49. The number of rotatable bonds is 3. The number of amides is 1. The zero-order valence-electron chi connectivity index (χ0n) is 18.6. The second-order valence-corrected chi connectivity index (χ2v) is 9.39. The highest BCUT2D eigenvalue weighted by atomic mass is 35.5. The summed E-state index contributed by atoms with van der Waals surface area (Å²) in [5, 5.41) is 18.4.